The van der Waals surface area contributed by atoms with Crippen LogP contribution in [0.3, 0.4) is 0 Å². The Morgan fingerprint density at radius 2 is 0.929 bits per heavy atom. The molecule has 0 aromatic carbocycles. The van der Waals surface area contributed by atoms with Crippen LogP contribution in [0.1, 0.15) is 41.5 Å². The van der Waals surface area contributed by atoms with Gasteiger partial charge in [0.1, 0.15) is 5.78 Å². The van der Waals surface area contributed by atoms with E-state index in [1.807, 2.05) is 0 Å². The molecule has 0 radical (unpaired) electrons. The molecule has 0 aromatic rings. The average molecular weight is 206 g/mol. The molecule has 5 nitrogen and oxygen atoms in total. The monoisotopic (exact) mass is 206 g/mol. The Bertz CT molecular complexity index is 165. The van der Waals surface area contributed by atoms with Gasteiger partial charge in [-0.25, -0.2) is 0 Å². The Kier molecular flexibility index (Phi) is 4.67. The van der Waals surface area contributed by atoms with E-state index in [0.29, 0.717) is 0 Å². The molecule has 84 valence electrons. The van der Waals surface area contributed by atoms with Crippen molar-refractivity contribution in [1.29, 1.82) is 0 Å². The third-order valence-electron chi connectivity index (χ3n) is 0.886. The third kappa shape index (κ3) is 6.97. The summed E-state index contributed by atoms with van der Waals surface area (Å²) in [6.07, 6.45) is 0. The van der Waals surface area contributed by atoms with E-state index in [0.717, 1.165) is 0 Å². The Hall–Kier alpha value is -0.490. The molecule has 0 bridgehead atoms. The molecule has 1 aliphatic heterocycles. The molecule has 1 fully saturated rings. The normalized spacial score (nSPS) is 23.3. The lowest BCUT2D eigenvalue weighted by Gasteiger charge is -2.35. The van der Waals surface area contributed by atoms with Crippen LogP contribution in [0.25, 0.3) is 0 Å². The quantitative estimate of drug-likeness (QED) is 0.567. The highest BCUT2D eigenvalue weighted by Crippen LogP contribution is 2.26. The van der Waals surface area contributed by atoms with E-state index in [9.17, 15) is 4.79 Å². The predicted molar refractivity (Wildman–Crippen MR) is 48.9 cm³/mol. The molecule has 1 heterocycles. The van der Waals surface area contributed by atoms with Crippen LogP contribution in [0, 0.1) is 0 Å². The standard InChI is InChI=1S/C6H12O4.C3H6O/c1-5(2)7-9-6(3,4)10-8-5;1-3(2)4/h1-4H3;1-2H3. The number of hydrogen-bond acceptors (Lipinski definition) is 5. The fourth-order valence-corrected chi connectivity index (χ4v) is 0.429. The van der Waals surface area contributed by atoms with Gasteiger partial charge in [0.05, 0.1) is 0 Å². The van der Waals surface area contributed by atoms with Crippen molar-refractivity contribution in [2.45, 2.75) is 53.1 Å². The highest BCUT2D eigenvalue weighted by atomic mass is 17.4. The average Bonchev–Trinajstić information content (AvgIpc) is 1.96. The lowest BCUT2D eigenvalue weighted by Crippen LogP contribution is -2.44. The number of hydrogen-bond donors (Lipinski definition) is 0. The van der Waals surface area contributed by atoms with Gasteiger partial charge in [-0.15, -0.1) is 0 Å². The van der Waals surface area contributed by atoms with Crippen molar-refractivity contribution < 1.29 is 24.3 Å². The van der Waals surface area contributed by atoms with E-state index in [1.165, 1.54) is 13.8 Å². The van der Waals surface area contributed by atoms with Crippen molar-refractivity contribution in [1.82, 2.24) is 0 Å². The predicted octanol–water partition coefficient (Wildman–Crippen LogP) is 1.96. The highest BCUT2D eigenvalue weighted by Gasteiger charge is 2.37. The van der Waals surface area contributed by atoms with E-state index >= 15 is 0 Å². The molecule has 0 aromatic heterocycles. The van der Waals surface area contributed by atoms with E-state index in [1.54, 1.807) is 27.7 Å². The number of rotatable bonds is 0. The Morgan fingerprint density at radius 1 is 0.786 bits per heavy atom. The minimum Gasteiger partial charge on any atom is -0.300 e. The van der Waals surface area contributed by atoms with Crippen molar-refractivity contribution in [2.24, 2.45) is 0 Å². The highest BCUT2D eigenvalue weighted by molar-refractivity contribution is 5.72. The van der Waals surface area contributed by atoms with Crippen molar-refractivity contribution in [3.8, 4) is 0 Å². The summed E-state index contributed by atoms with van der Waals surface area (Å²) in [5.74, 6) is -1.45. The zero-order valence-electron chi connectivity index (χ0n) is 9.54. The van der Waals surface area contributed by atoms with Gasteiger partial charge in [0.15, 0.2) is 0 Å². The number of carbonyl (C=O) groups is 1. The molecule has 1 aliphatic rings. The van der Waals surface area contributed by atoms with Crippen LogP contribution in [-0.4, -0.2) is 17.4 Å². The molecule has 0 spiro atoms. The van der Waals surface area contributed by atoms with Gasteiger partial charge in [0.25, 0.3) is 0 Å². The molecule has 0 amide bonds. The first-order chi connectivity index (χ1) is 6.15. The summed E-state index contributed by atoms with van der Waals surface area (Å²) in [6.45, 7) is 9.84. The molecule has 1 saturated heterocycles. The van der Waals surface area contributed by atoms with Crippen LogP contribution < -0.4 is 0 Å². The summed E-state index contributed by atoms with van der Waals surface area (Å²) >= 11 is 0. The maximum atomic E-state index is 9.44. The summed E-state index contributed by atoms with van der Waals surface area (Å²) in [6, 6.07) is 0. The maximum Gasteiger partial charge on any atom is 0.228 e. The third-order valence-corrected chi connectivity index (χ3v) is 0.886. The summed E-state index contributed by atoms with van der Waals surface area (Å²) in [7, 11) is 0. The van der Waals surface area contributed by atoms with Crippen LogP contribution in [-0.2, 0) is 24.3 Å². The zero-order chi connectivity index (χ0) is 11.4. The molecular weight excluding hydrogens is 188 g/mol. The second kappa shape index (κ2) is 4.84. The van der Waals surface area contributed by atoms with Crippen molar-refractivity contribution >= 4 is 5.78 Å². The van der Waals surface area contributed by atoms with E-state index in [-0.39, 0.29) is 5.78 Å². The first-order valence-electron chi connectivity index (χ1n) is 4.35. The number of carbonyl (C=O) groups excluding carboxylic acids is 1. The lowest BCUT2D eigenvalue weighted by atomic mass is 10.4. The van der Waals surface area contributed by atoms with Crippen molar-refractivity contribution in [3.05, 3.63) is 0 Å². The second-order valence-corrected chi connectivity index (χ2v) is 4.04. The van der Waals surface area contributed by atoms with Gasteiger partial charge in [-0.3, -0.25) is 0 Å². The summed E-state index contributed by atoms with van der Waals surface area (Å²) < 4.78 is 0. The molecule has 1 rings (SSSR count). The van der Waals surface area contributed by atoms with E-state index < -0.39 is 11.6 Å². The molecule has 14 heavy (non-hydrogen) atoms. The van der Waals surface area contributed by atoms with Gasteiger partial charge < -0.3 is 4.79 Å². The summed E-state index contributed by atoms with van der Waals surface area (Å²) in [5.41, 5.74) is 0. The first kappa shape index (κ1) is 13.5. The fourth-order valence-electron chi connectivity index (χ4n) is 0.429. The minimum absolute atomic E-state index is 0.167. The Morgan fingerprint density at radius 3 is 1.07 bits per heavy atom. The maximum absolute atomic E-state index is 9.44. The molecule has 0 atom stereocenters. The second-order valence-electron chi connectivity index (χ2n) is 4.04. The molecule has 0 aliphatic carbocycles. The number of Topliss-reactive ketones (excluding diaryl/α,β-unsaturated/α-hetero) is 1. The first-order valence-corrected chi connectivity index (χ1v) is 4.35. The lowest BCUT2D eigenvalue weighted by molar-refractivity contribution is -0.644. The smallest absolute Gasteiger partial charge is 0.228 e. The van der Waals surface area contributed by atoms with E-state index in [4.69, 9.17) is 19.6 Å². The Labute approximate surface area is 84.1 Å². The van der Waals surface area contributed by atoms with Gasteiger partial charge in [-0.05, 0) is 41.5 Å². The topological polar surface area (TPSA) is 54.0 Å². The van der Waals surface area contributed by atoms with Gasteiger partial charge in [0, 0.05) is 0 Å². The van der Waals surface area contributed by atoms with Crippen molar-refractivity contribution in [2.75, 3.05) is 0 Å². The number of ketones is 1. The zero-order valence-corrected chi connectivity index (χ0v) is 9.54. The van der Waals surface area contributed by atoms with Gasteiger partial charge >= 0.3 is 0 Å². The van der Waals surface area contributed by atoms with Crippen LogP contribution in [0.4, 0.5) is 0 Å². The van der Waals surface area contributed by atoms with Crippen LogP contribution in [0.2, 0.25) is 0 Å². The van der Waals surface area contributed by atoms with Gasteiger partial charge in [0.2, 0.25) is 11.6 Å². The van der Waals surface area contributed by atoms with Gasteiger partial charge in [-0.1, -0.05) is 0 Å². The molecular formula is C9H18O5. The Balaban J connectivity index is 0.000000364. The summed E-state index contributed by atoms with van der Waals surface area (Å²) in [5, 5.41) is 0. The van der Waals surface area contributed by atoms with Crippen molar-refractivity contribution in [3.63, 3.8) is 0 Å². The van der Waals surface area contributed by atoms with E-state index in [2.05, 4.69) is 0 Å². The fraction of sp³-hybridized carbons (Fsp3) is 0.889. The molecule has 0 saturated carbocycles. The largest absolute Gasteiger partial charge is 0.300 e. The summed E-state index contributed by atoms with van der Waals surface area (Å²) in [4.78, 5) is 28.8. The van der Waals surface area contributed by atoms with Crippen LogP contribution >= 0.6 is 0 Å². The molecule has 0 unspecified atom stereocenters. The SMILES string of the molecule is CC(C)=O.CC1(C)OOC(C)(C)OO1. The van der Waals surface area contributed by atoms with Crippen LogP contribution in [0.15, 0.2) is 0 Å². The molecule has 5 heteroatoms. The van der Waals surface area contributed by atoms with Gasteiger partial charge in [-0.2, -0.15) is 19.6 Å². The van der Waals surface area contributed by atoms with Crippen LogP contribution in [0.5, 0.6) is 0 Å². The minimum atomic E-state index is -0.810. The molecule has 0 N–H and O–H groups in total.